The number of hydrogen-bond donors (Lipinski definition) is 2. The van der Waals surface area contributed by atoms with Crippen molar-refractivity contribution in [1.29, 1.82) is 0 Å². The molecular weight excluding hydrogens is 112 g/mol. The van der Waals surface area contributed by atoms with Crippen molar-refractivity contribution in [1.82, 2.24) is 10.6 Å². The molecule has 0 spiro atoms. The second kappa shape index (κ2) is 2.67. The molecule has 0 unspecified atom stereocenters. The van der Waals surface area contributed by atoms with Gasteiger partial charge < -0.3 is 0 Å². The summed E-state index contributed by atoms with van der Waals surface area (Å²) in [6.07, 6.45) is 2.40. The molecule has 0 aromatic heterocycles. The lowest BCUT2D eigenvalue weighted by Gasteiger charge is -2.24. The lowest BCUT2D eigenvalue weighted by atomic mass is 9.95. The first kappa shape index (κ1) is 7.03. The van der Waals surface area contributed by atoms with Crippen LogP contribution in [-0.2, 0) is 0 Å². The number of hydrogen-bond acceptors (Lipinski definition) is 2. The van der Waals surface area contributed by atoms with Gasteiger partial charge >= 0.3 is 0 Å². The summed E-state index contributed by atoms with van der Waals surface area (Å²) in [6, 6.07) is 0. The largest absolute Gasteiger partial charge is 0.298 e. The van der Waals surface area contributed by atoms with Gasteiger partial charge in [-0.3, -0.25) is 10.6 Å². The molecule has 1 saturated heterocycles. The van der Waals surface area contributed by atoms with Crippen LogP contribution in [0.2, 0.25) is 0 Å². The fourth-order valence-corrected chi connectivity index (χ4v) is 1.21. The first-order chi connectivity index (χ1) is 4.33. The van der Waals surface area contributed by atoms with Crippen LogP contribution in [0.3, 0.4) is 0 Å². The molecule has 0 bridgehead atoms. The van der Waals surface area contributed by atoms with Crippen LogP contribution in [0.25, 0.3) is 0 Å². The van der Waals surface area contributed by atoms with Gasteiger partial charge in [0, 0.05) is 12.1 Å². The first-order valence-corrected chi connectivity index (χ1v) is 3.66. The van der Waals surface area contributed by atoms with E-state index in [0.29, 0.717) is 5.54 Å². The Kier molecular flexibility index (Phi) is 2.09. The molecule has 1 radical (unpaired) electrons. The minimum Gasteiger partial charge on any atom is -0.298 e. The van der Waals surface area contributed by atoms with Crippen LogP contribution in [0, 0.1) is 6.67 Å². The van der Waals surface area contributed by atoms with Crippen molar-refractivity contribution in [3.63, 3.8) is 0 Å². The third-order valence-electron chi connectivity index (χ3n) is 2.27. The molecule has 0 aromatic carbocycles. The minimum atomic E-state index is 0.361. The summed E-state index contributed by atoms with van der Waals surface area (Å²) in [7, 11) is 0. The summed E-state index contributed by atoms with van der Waals surface area (Å²) in [5, 5.41) is 6.51. The van der Waals surface area contributed by atoms with Crippen molar-refractivity contribution < 1.29 is 0 Å². The topological polar surface area (TPSA) is 24.1 Å². The Bertz CT molecular complexity index is 78.9. The summed E-state index contributed by atoms with van der Waals surface area (Å²) < 4.78 is 0. The molecule has 2 nitrogen and oxygen atoms in total. The molecule has 1 rings (SSSR count). The average Bonchev–Trinajstić information content (AvgIpc) is 2.36. The summed E-state index contributed by atoms with van der Waals surface area (Å²) >= 11 is 0. The van der Waals surface area contributed by atoms with Gasteiger partial charge in [0.05, 0.1) is 6.67 Å². The van der Waals surface area contributed by atoms with Crippen molar-refractivity contribution in [2.75, 3.05) is 6.54 Å². The molecule has 9 heavy (non-hydrogen) atoms. The lowest BCUT2D eigenvalue weighted by molar-refractivity contribution is 0.378. The van der Waals surface area contributed by atoms with E-state index >= 15 is 0 Å². The Balaban J connectivity index is 2.45. The molecule has 2 N–H and O–H groups in total. The molecule has 0 amide bonds. The predicted octanol–water partition coefficient (Wildman–Crippen LogP) is 0.857. The van der Waals surface area contributed by atoms with Gasteiger partial charge in [0.2, 0.25) is 0 Å². The zero-order chi connectivity index (χ0) is 6.74. The molecule has 0 atom stereocenters. The normalized spacial score (nSPS) is 24.7. The summed E-state index contributed by atoms with van der Waals surface area (Å²) in [5.41, 5.74) is 0.361. The van der Waals surface area contributed by atoms with Gasteiger partial charge in [-0.2, -0.15) is 0 Å². The third-order valence-corrected chi connectivity index (χ3v) is 2.27. The smallest absolute Gasteiger partial charge is 0.0871 e. The highest BCUT2D eigenvalue weighted by Gasteiger charge is 2.28. The standard InChI is InChI=1S/C7H15N2/c1-3-7(4-2)5-8-6-9-7/h6,8-9H,3-5H2,1-2H3. The van der Waals surface area contributed by atoms with E-state index in [1.54, 1.807) is 0 Å². The van der Waals surface area contributed by atoms with E-state index < -0.39 is 0 Å². The average molecular weight is 127 g/mol. The third kappa shape index (κ3) is 1.25. The van der Waals surface area contributed by atoms with Crippen molar-refractivity contribution in [2.24, 2.45) is 0 Å². The molecule has 0 aromatic rings. The van der Waals surface area contributed by atoms with E-state index in [-0.39, 0.29) is 0 Å². The highest BCUT2D eigenvalue weighted by atomic mass is 15.2. The van der Waals surface area contributed by atoms with Crippen LogP contribution in [0.4, 0.5) is 0 Å². The Hall–Kier alpha value is -0.0800. The van der Waals surface area contributed by atoms with E-state index in [1.807, 2.05) is 6.67 Å². The molecule has 2 heteroatoms. The van der Waals surface area contributed by atoms with Crippen molar-refractivity contribution >= 4 is 0 Å². The fraction of sp³-hybridized carbons (Fsp3) is 0.857. The van der Waals surface area contributed by atoms with Gasteiger partial charge in [0.1, 0.15) is 0 Å². The quantitative estimate of drug-likeness (QED) is 0.575. The maximum atomic E-state index is 3.33. The van der Waals surface area contributed by atoms with Gasteiger partial charge in [-0.1, -0.05) is 13.8 Å². The van der Waals surface area contributed by atoms with E-state index in [9.17, 15) is 0 Å². The van der Waals surface area contributed by atoms with Crippen molar-refractivity contribution in [3.05, 3.63) is 6.67 Å². The van der Waals surface area contributed by atoms with Crippen LogP contribution < -0.4 is 10.6 Å². The van der Waals surface area contributed by atoms with Crippen LogP contribution in [0.5, 0.6) is 0 Å². The maximum Gasteiger partial charge on any atom is 0.0871 e. The summed E-state index contributed by atoms with van der Waals surface area (Å²) in [5.74, 6) is 0. The molecule has 1 fully saturated rings. The van der Waals surface area contributed by atoms with E-state index in [1.165, 1.54) is 12.8 Å². The molecule has 53 valence electrons. The van der Waals surface area contributed by atoms with Crippen molar-refractivity contribution in [2.45, 2.75) is 32.2 Å². The number of nitrogens with one attached hydrogen (secondary N) is 2. The van der Waals surface area contributed by atoms with Crippen LogP contribution in [-0.4, -0.2) is 12.1 Å². The second-order valence-corrected chi connectivity index (χ2v) is 2.66. The Morgan fingerprint density at radius 2 is 2.11 bits per heavy atom. The minimum absolute atomic E-state index is 0.361. The molecule has 1 heterocycles. The van der Waals surface area contributed by atoms with Gasteiger partial charge in [-0.15, -0.1) is 0 Å². The lowest BCUT2D eigenvalue weighted by Crippen LogP contribution is -2.40. The number of rotatable bonds is 2. The molecule has 1 aliphatic rings. The van der Waals surface area contributed by atoms with Crippen molar-refractivity contribution in [3.8, 4) is 0 Å². The van der Waals surface area contributed by atoms with E-state index in [2.05, 4.69) is 24.5 Å². The first-order valence-electron chi connectivity index (χ1n) is 3.66. The zero-order valence-corrected chi connectivity index (χ0v) is 6.20. The van der Waals surface area contributed by atoms with Gasteiger partial charge in [-0.25, -0.2) is 0 Å². The van der Waals surface area contributed by atoms with E-state index in [0.717, 1.165) is 6.54 Å². The molecule has 1 aliphatic heterocycles. The highest BCUT2D eigenvalue weighted by molar-refractivity contribution is 4.96. The maximum absolute atomic E-state index is 3.33. The summed E-state index contributed by atoms with van der Waals surface area (Å²) in [6.45, 7) is 7.47. The zero-order valence-electron chi connectivity index (χ0n) is 6.20. The molecule has 0 aliphatic carbocycles. The molecule has 0 saturated carbocycles. The molecular formula is C7H15N2. The Morgan fingerprint density at radius 1 is 1.44 bits per heavy atom. The van der Waals surface area contributed by atoms with Gasteiger partial charge in [-0.05, 0) is 12.8 Å². The SMILES string of the molecule is CCC1(CC)CN[CH]N1. The van der Waals surface area contributed by atoms with Gasteiger partial charge in [0.15, 0.2) is 0 Å². The Labute approximate surface area is 57.0 Å². The van der Waals surface area contributed by atoms with Crippen LogP contribution in [0.15, 0.2) is 0 Å². The monoisotopic (exact) mass is 127 g/mol. The Morgan fingerprint density at radius 3 is 2.33 bits per heavy atom. The van der Waals surface area contributed by atoms with Gasteiger partial charge in [0.25, 0.3) is 0 Å². The fourth-order valence-electron chi connectivity index (χ4n) is 1.21. The summed E-state index contributed by atoms with van der Waals surface area (Å²) in [4.78, 5) is 0. The van der Waals surface area contributed by atoms with Crippen LogP contribution in [0.1, 0.15) is 26.7 Å². The van der Waals surface area contributed by atoms with Crippen LogP contribution >= 0.6 is 0 Å². The second-order valence-electron chi connectivity index (χ2n) is 2.66. The van der Waals surface area contributed by atoms with E-state index in [4.69, 9.17) is 0 Å². The highest BCUT2D eigenvalue weighted by Crippen LogP contribution is 2.16. The predicted molar refractivity (Wildman–Crippen MR) is 38.8 cm³/mol.